The first kappa shape index (κ1) is 25.3. The maximum atomic E-state index is 12.5. The molecule has 0 saturated heterocycles. The highest BCUT2D eigenvalue weighted by Crippen LogP contribution is 2.15. The van der Waals surface area contributed by atoms with Crippen molar-refractivity contribution in [3.63, 3.8) is 0 Å². The van der Waals surface area contributed by atoms with Gasteiger partial charge in [-0.25, -0.2) is 0 Å². The van der Waals surface area contributed by atoms with Gasteiger partial charge in [-0.2, -0.15) is 0 Å². The number of rotatable bonds is 12. The first-order valence-corrected chi connectivity index (χ1v) is 10.7. The van der Waals surface area contributed by atoms with Crippen molar-refractivity contribution in [1.82, 2.24) is 10.6 Å². The minimum Gasteiger partial charge on any atom is -0.491 e. The second kappa shape index (κ2) is 14.1. The minimum absolute atomic E-state index is 0.0895. The van der Waals surface area contributed by atoms with Crippen molar-refractivity contribution in [1.29, 1.82) is 0 Å². The van der Waals surface area contributed by atoms with Crippen LogP contribution in [0, 0.1) is 0 Å². The van der Waals surface area contributed by atoms with Crippen LogP contribution in [0.25, 0.3) is 0 Å². The Bertz CT molecular complexity index is 889. The Morgan fingerprint density at radius 3 is 2.44 bits per heavy atom. The van der Waals surface area contributed by atoms with E-state index in [4.69, 9.17) is 26.4 Å². The molecule has 172 valence electrons. The predicted octanol–water partition coefficient (Wildman–Crippen LogP) is 3.00. The highest BCUT2D eigenvalue weighted by atomic mass is 32.1. The second-order valence-electron chi connectivity index (χ2n) is 6.63. The van der Waals surface area contributed by atoms with E-state index in [1.807, 2.05) is 6.92 Å². The van der Waals surface area contributed by atoms with Gasteiger partial charge in [0.05, 0.1) is 17.9 Å². The Morgan fingerprint density at radius 2 is 1.72 bits per heavy atom. The van der Waals surface area contributed by atoms with E-state index < -0.39 is 0 Å². The highest BCUT2D eigenvalue weighted by Gasteiger charge is 2.13. The number of para-hydroxylation sites is 1. The van der Waals surface area contributed by atoms with Crippen molar-refractivity contribution in [2.24, 2.45) is 0 Å². The predicted molar refractivity (Wildman–Crippen MR) is 127 cm³/mol. The molecule has 8 nitrogen and oxygen atoms in total. The van der Waals surface area contributed by atoms with E-state index in [1.54, 1.807) is 55.6 Å². The van der Waals surface area contributed by atoms with Crippen LogP contribution in [0.3, 0.4) is 0 Å². The van der Waals surface area contributed by atoms with Gasteiger partial charge in [0.1, 0.15) is 12.4 Å². The maximum absolute atomic E-state index is 12.5. The first-order chi connectivity index (χ1) is 15.5. The van der Waals surface area contributed by atoms with Gasteiger partial charge >= 0.3 is 0 Å². The topological polar surface area (TPSA) is 97.9 Å². The molecule has 0 radical (unpaired) electrons. The summed E-state index contributed by atoms with van der Waals surface area (Å²) in [6.45, 7) is 4.56. The van der Waals surface area contributed by atoms with Gasteiger partial charge in [0, 0.05) is 32.4 Å². The van der Waals surface area contributed by atoms with E-state index >= 15 is 0 Å². The summed E-state index contributed by atoms with van der Waals surface area (Å²) < 4.78 is 15.7. The molecule has 3 N–H and O–H groups in total. The quantitative estimate of drug-likeness (QED) is 0.332. The normalized spacial score (nSPS) is 10.3. The van der Waals surface area contributed by atoms with Crippen LogP contribution in [0.2, 0.25) is 0 Å². The summed E-state index contributed by atoms with van der Waals surface area (Å²) in [5.74, 6) is 0.0375. The molecule has 0 aliphatic carbocycles. The number of amides is 2. The largest absolute Gasteiger partial charge is 0.491 e. The Kier molecular flexibility index (Phi) is 11.1. The van der Waals surface area contributed by atoms with Crippen molar-refractivity contribution < 1.29 is 23.8 Å². The molecule has 2 aromatic rings. The summed E-state index contributed by atoms with van der Waals surface area (Å²) >= 11 is 5.26. The van der Waals surface area contributed by atoms with Crippen LogP contribution >= 0.6 is 12.2 Å². The summed E-state index contributed by atoms with van der Waals surface area (Å²) in [6.07, 6.45) is 0.711. The number of nitrogens with one attached hydrogen (secondary N) is 3. The third kappa shape index (κ3) is 8.62. The molecule has 0 bridgehead atoms. The summed E-state index contributed by atoms with van der Waals surface area (Å²) in [6, 6.07) is 13.7. The van der Waals surface area contributed by atoms with Gasteiger partial charge in [-0.3, -0.25) is 14.9 Å². The summed E-state index contributed by atoms with van der Waals surface area (Å²) in [5, 5.41) is 8.46. The molecule has 32 heavy (non-hydrogen) atoms. The van der Waals surface area contributed by atoms with Crippen molar-refractivity contribution in [2.45, 2.75) is 13.3 Å². The third-order valence-corrected chi connectivity index (χ3v) is 4.48. The van der Waals surface area contributed by atoms with E-state index in [0.717, 1.165) is 0 Å². The lowest BCUT2D eigenvalue weighted by molar-refractivity contribution is 0.0947. The fourth-order valence-corrected chi connectivity index (χ4v) is 2.90. The Morgan fingerprint density at radius 1 is 0.969 bits per heavy atom. The summed E-state index contributed by atoms with van der Waals surface area (Å²) in [4.78, 5) is 24.9. The van der Waals surface area contributed by atoms with Crippen molar-refractivity contribution in [2.75, 3.05) is 45.4 Å². The molecule has 0 atom stereocenters. The molecule has 0 aliphatic rings. The Labute approximate surface area is 193 Å². The van der Waals surface area contributed by atoms with Crippen LogP contribution in [0.1, 0.15) is 34.1 Å². The van der Waals surface area contributed by atoms with E-state index in [1.165, 1.54) is 0 Å². The van der Waals surface area contributed by atoms with Gasteiger partial charge in [0.15, 0.2) is 5.11 Å². The van der Waals surface area contributed by atoms with Crippen LogP contribution < -0.4 is 20.7 Å². The molecule has 9 heteroatoms. The lowest BCUT2D eigenvalue weighted by Gasteiger charge is -2.14. The van der Waals surface area contributed by atoms with Gasteiger partial charge in [0.25, 0.3) is 11.8 Å². The number of anilines is 1. The van der Waals surface area contributed by atoms with E-state index in [9.17, 15) is 9.59 Å². The highest BCUT2D eigenvalue weighted by molar-refractivity contribution is 7.80. The van der Waals surface area contributed by atoms with Gasteiger partial charge in [-0.1, -0.05) is 12.1 Å². The average molecular weight is 460 g/mol. The van der Waals surface area contributed by atoms with Crippen LogP contribution in [-0.2, 0) is 9.47 Å². The maximum Gasteiger partial charge on any atom is 0.257 e. The van der Waals surface area contributed by atoms with Gasteiger partial charge < -0.3 is 24.8 Å². The number of hydrogen-bond donors (Lipinski definition) is 3. The van der Waals surface area contributed by atoms with E-state index in [-0.39, 0.29) is 16.9 Å². The van der Waals surface area contributed by atoms with Crippen LogP contribution in [-0.4, -0.2) is 57.0 Å². The van der Waals surface area contributed by atoms with Crippen molar-refractivity contribution in [3.05, 3.63) is 59.7 Å². The standard InChI is InChI=1S/C23H29N3O5S/c1-3-30-15-16-31-18-11-9-17(10-12-18)21(27)26-23(32)25-20-8-5-4-7-19(20)22(28)24-13-6-14-29-2/h4-5,7-12H,3,6,13-16H2,1-2H3,(H,24,28)(H2,25,26,27,32). The van der Waals surface area contributed by atoms with Gasteiger partial charge in [-0.05, 0) is 62.0 Å². The van der Waals surface area contributed by atoms with Crippen molar-refractivity contribution >= 4 is 34.8 Å². The monoisotopic (exact) mass is 459 g/mol. The molecule has 2 aromatic carbocycles. The SMILES string of the molecule is CCOCCOc1ccc(C(=O)NC(=S)Nc2ccccc2C(=O)NCCCOC)cc1. The number of hydrogen-bond acceptors (Lipinski definition) is 6. The average Bonchev–Trinajstić information content (AvgIpc) is 2.80. The molecule has 0 fully saturated rings. The smallest absolute Gasteiger partial charge is 0.257 e. The van der Waals surface area contributed by atoms with Crippen LogP contribution in [0.15, 0.2) is 48.5 Å². The molecular formula is C23H29N3O5S. The number of benzene rings is 2. The molecule has 2 amide bonds. The third-order valence-electron chi connectivity index (χ3n) is 4.27. The molecular weight excluding hydrogens is 430 g/mol. The molecule has 2 rings (SSSR count). The summed E-state index contributed by atoms with van der Waals surface area (Å²) in [7, 11) is 1.61. The van der Waals surface area contributed by atoms with Crippen LogP contribution in [0.5, 0.6) is 5.75 Å². The Balaban J connectivity index is 1.89. The van der Waals surface area contributed by atoms with E-state index in [2.05, 4.69) is 16.0 Å². The van der Waals surface area contributed by atoms with Crippen LogP contribution in [0.4, 0.5) is 5.69 Å². The first-order valence-electron chi connectivity index (χ1n) is 10.3. The number of ether oxygens (including phenoxy) is 3. The summed E-state index contributed by atoms with van der Waals surface area (Å²) in [5.41, 5.74) is 1.35. The van der Waals surface area contributed by atoms with Gasteiger partial charge in [-0.15, -0.1) is 0 Å². The lowest BCUT2D eigenvalue weighted by Crippen LogP contribution is -2.35. The lowest BCUT2D eigenvalue weighted by atomic mass is 10.1. The van der Waals surface area contributed by atoms with Gasteiger partial charge in [0.2, 0.25) is 0 Å². The fourth-order valence-electron chi connectivity index (χ4n) is 2.70. The molecule has 0 aromatic heterocycles. The molecule has 0 heterocycles. The zero-order valence-electron chi connectivity index (χ0n) is 18.3. The number of carbonyl (C=O) groups excluding carboxylic acids is 2. The molecule has 0 aliphatic heterocycles. The molecule has 0 saturated carbocycles. The number of methoxy groups -OCH3 is 1. The second-order valence-corrected chi connectivity index (χ2v) is 7.03. The molecule has 0 unspecified atom stereocenters. The number of carbonyl (C=O) groups is 2. The minimum atomic E-state index is -0.370. The number of thiocarbonyl (C=S) groups is 1. The van der Waals surface area contributed by atoms with E-state index in [0.29, 0.717) is 62.0 Å². The zero-order valence-corrected chi connectivity index (χ0v) is 19.1. The van der Waals surface area contributed by atoms with Crippen molar-refractivity contribution in [3.8, 4) is 5.75 Å². The zero-order chi connectivity index (χ0) is 23.2. The molecule has 0 spiro atoms. The Hall–Kier alpha value is -3.01. The fraction of sp³-hybridized carbons (Fsp3) is 0.348.